The molecule has 2 rings (SSSR count). The number of carboxylic acid groups (broad SMARTS) is 1. The van der Waals surface area contributed by atoms with Crippen molar-refractivity contribution in [2.45, 2.75) is 64.8 Å². The lowest BCUT2D eigenvalue weighted by Crippen LogP contribution is -2.47. The number of nitrogens with zero attached hydrogens (tertiary/aromatic N) is 1. The first-order valence-corrected chi connectivity index (χ1v) is 8.07. The fourth-order valence-electron chi connectivity index (χ4n) is 3.98. The minimum absolute atomic E-state index is 0.0647. The summed E-state index contributed by atoms with van der Waals surface area (Å²) < 4.78 is 0. The molecule has 2 fully saturated rings. The second kappa shape index (κ2) is 6.59. The Labute approximate surface area is 121 Å². The lowest BCUT2D eigenvalue weighted by Gasteiger charge is -2.39. The summed E-state index contributed by atoms with van der Waals surface area (Å²) in [4.78, 5) is 25.8. The average molecular weight is 281 g/mol. The normalized spacial score (nSPS) is 33.9. The lowest BCUT2D eigenvalue weighted by atomic mass is 9.84. The maximum absolute atomic E-state index is 12.7. The maximum atomic E-state index is 12.7. The van der Waals surface area contributed by atoms with Gasteiger partial charge < -0.3 is 10.0 Å². The van der Waals surface area contributed by atoms with Crippen molar-refractivity contribution in [1.29, 1.82) is 0 Å². The number of aliphatic carboxylic acids is 1. The number of hydrogen-bond acceptors (Lipinski definition) is 2. The van der Waals surface area contributed by atoms with Gasteiger partial charge in [0.15, 0.2) is 0 Å². The molecule has 0 aromatic rings. The zero-order chi connectivity index (χ0) is 14.7. The number of carbonyl (C=O) groups excluding carboxylic acids is 1. The van der Waals surface area contributed by atoms with Gasteiger partial charge >= 0.3 is 5.97 Å². The number of carbonyl (C=O) groups is 2. The van der Waals surface area contributed by atoms with Gasteiger partial charge in [-0.3, -0.25) is 9.59 Å². The third-order valence-corrected chi connectivity index (χ3v) is 5.22. The van der Waals surface area contributed by atoms with Crippen molar-refractivity contribution in [3.63, 3.8) is 0 Å². The van der Waals surface area contributed by atoms with Crippen molar-refractivity contribution in [3.8, 4) is 0 Å². The van der Waals surface area contributed by atoms with Crippen LogP contribution in [0.4, 0.5) is 0 Å². The van der Waals surface area contributed by atoms with Crippen molar-refractivity contribution in [2.24, 2.45) is 17.8 Å². The Hall–Kier alpha value is -1.06. The fraction of sp³-hybridized carbons (Fsp3) is 0.875. The van der Waals surface area contributed by atoms with Crippen molar-refractivity contribution in [3.05, 3.63) is 0 Å². The van der Waals surface area contributed by atoms with Crippen LogP contribution < -0.4 is 0 Å². The smallest absolute Gasteiger partial charge is 0.306 e. The molecule has 0 spiro atoms. The Morgan fingerprint density at radius 3 is 2.30 bits per heavy atom. The summed E-state index contributed by atoms with van der Waals surface area (Å²) in [7, 11) is 0. The molecule has 0 bridgehead atoms. The number of amides is 1. The molecule has 1 N–H and O–H groups in total. The van der Waals surface area contributed by atoms with Gasteiger partial charge in [-0.05, 0) is 44.9 Å². The van der Waals surface area contributed by atoms with Crippen LogP contribution in [-0.4, -0.2) is 34.5 Å². The predicted molar refractivity (Wildman–Crippen MR) is 77.3 cm³/mol. The topological polar surface area (TPSA) is 57.6 Å². The van der Waals surface area contributed by atoms with E-state index in [1.807, 2.05) is 11.8 Å². The third-order valence-electron chi connectivity index (χ3n) is 5.22. The minimum Gasteiger partial charge on any atom is -0.481 e. The van der Waals surface area contributed by atoms with Crippen LogP contribution in [0.2, 0.25) is 0 Å². The zero-order valence-electron chi connectivity index (χ0n) is 12.7. The highest BCUT2D eigenvalue weighted by Gasteiger charge is 2.38. The second-order valence-electron chi connectivity index (χ2n) is 6.50. The maximum Gasteiger partial charge on any atom is 0.306 e. The van der Waals surface area contributed by atoms with Gasteiger partial charge in [-0.25, -0.2) is 0 Å². The molecule has 0 aromatic carbocycles. The molecule has 0 radical (unpaired) electrons. The standard InChI is InChI=1S/C16H27NO3/c1-3-17(14-7-5-4-6-11(14)2)15(18)12-8-9-13(10-12)16(19)20/h11-14H,3-10H2,1-2H3,(H,19,20)/t11?,12-,13+,14?/m1/s1. The number of rotatable bonds is 4. The molecule has 2 aliphatic rings. The highest BCUT2D eigenvalue weighted by molar-refractivity contribution is 5.81. The molecule has 2 aliphatic carbocycles. The van der Waals surface area contributed by atoms with E-state index in [0.29, 0.717) is 24.8 Å². The van der Waals surface area contributed by atoms with E-state index in [1.165, 1.54) is 19.3 Å². The van der Waals surface area contributed by atoms with E-state index in [-0.39, 0.29) is 17.7 Å². The Balaban J connectivity index is 2.00. The second-order valence-corrected chi connectivity index (χ2v) is 6.50. The van der Waals surface area contributed by atoms with E-state index >= 15 is 0 Å². The summed E-state index contributed by atoms with van der Waals surface area (Å²) in [5.74, 6) is -0.342. The largest absolute Gasteiger partial charge is 0.481 e. The molecule has 2 saturated carbocycles. The predicted octanol–water partition coefficient (Wildman–Crippen LogP) is 2.91. The van der Waals surface area contributed by atoms with Gasteiger partial charge in [-0.15, -0.1) is 0 Å². The minimum atomic E-state index is -0.741. The molecule has 4 atom stereocenters. The molecule has 4 heteroatoms. The molecule has 0 heterocycles. The Morgan fingerprint density at radius 2 is 1.75 bits per heavy atom. The van der Waals surface area contributed by atoms with E-state index in [1.54, 1.807) is 0 Å². The first-order chi connectivity index (χ1) is 9.54. The molecule has 0 saturated heterocycles. The highest BCUT2D eigenvalue weighted by atomic mass is 16.4. The molecule has 4 nitrogen and oxygen atoms in total. The molecule has 0 aliphatic heterocycles. The number of hydrogen-bond donors (Lipinski definition) is 1. The van der Waals surface area contributed by atoms with Crippen LogP contribution in [-0.2, 0) is 9.59 Å². The first-order valence-electron chi connectivity index (χ1n) is 8.07. The van der Waals surface area contributed by atoms with Crippen molar-refractivity contribution in [2.75, 3.05) is 6.54 Å². The van der Waals surface area contributed by atoms with E-state index in [4.69, 9.17) is 5.11 Å². The van der Waals surface area contributed by atoms with Crippen LogP contribution in [0.15, 0.2) is 0 Å². The first kappa shape index (κ1) is 15.3. The number of carboxylic acids is 1. The van der Waals surface area contributed by atoms with Gasteiger partial charge in [-0.1, -0.05) is 19.8 Å². The van der Waals surface area contributed by atoms with Gasteiger partial charge in [-0.2, -0.15) is 0 Å². The van der Waals surface area contributed by atoms with Crippen molar-refractivity contribution >= 4 is 11.9 Å². The monoisotopic (exact) mass is 281 g/mol. The summed E-state index contributed by atoms with van der Waals surface area (Å²) in [6.07, 6.45) is 6.73. The van der Waals surface area contributed by atoms with Crippen LogP contribution in [0, 0.1) is 17.8 Å². The van der Waals surface area contributed by atoms with Gasteiger partial charge in [0.05, 0.1) is 5.92 Å². The molecule has 1 amide bonds. The molecule has 114 valence electrons. The molecule has 20 heavy (non-hydrogen) atoms. The third kappa shape index (κ3) is 3.15. The van der Waals surface area contributed by atoms with E-state index in [0.717, 1.165) is 19.4 Å². The van der Waals surface area contributed by atoms with Crippen LogP contribution in [0.25, 0.3) is 0 Å². The quantitative estimate of drug-likeness (QED) is 0.862. The van der Waals surface area contributed by atoms with Crippen molar-refractivity contribution in [1.82, 2.24) is 4.90 Å². The van der Waals surface area contributed by atoms with Gasteiger partial charge in [0.2, 0.25) is 5.91 Å². The fourth-order valence-corrected chi connectivity index (χ4v) is 3.98. The van der Waals surface area contributed by atoms with Crippen LogP contribution >= 0.6 is 0 Å². The van der Waals surface area contributed by atoms with Crippen LogP contribution in [0.3, 0.4) is 0 Å². The molecular formula is C16H27NO3. The van der Waals surface area contributed by atoms with Crippen LogP contribution in [0.1, 0.15) is 58.8 Å². The summed E-state index contributed by atoms with van der Waals surface area (Å²) >= 11 is 0. The van der Waals surface area contributed by atoms with E-state index in [2.05, 4.69) is 6.92 Å². The van der Waals surface area contributed by atoms with Gasteiger partial charge in [0.25, 0.3) is 0 Å². The average Bonchev–Trinajstić information content (AvgIpc) is 2.91. The molecule has 0 aromatic heterocycles. The zero-order valence-corrected chi connectivity index (χ0v) is 12.7. The Morgan fingerprint density at radius 1 is 1.10 bits per heavy atom. The summed E-state index contributed by atoms with van der Waals surface area (Å²) in [5, 5.41) is 9.07. The van der Waals surface area contributed by atoms with E-state index < -0.39 is 5.97 Å². The Kier molecular flexibility index (Phi) is 5.06. The highest BCUT2D eigenvalue weighted by Crippen LogP contribution is 2.35. The lowest BCUT2D eigenvalue weighted by molar-refractivity contribution is -0.142. The Bertz CT molecular complexity index is 369. The van der Waals surface area contributed by atoms with Crippen molar-refractivity contribution < 1.29 is 14.7 Å². The molecule has 2 unspecified atom stereocenters. The van der Waals surface area contributed by atoms with Crippen LogP contribution in [0.5, 0.6) is 0 Å². The SMILES string of the molecule is CCN(C(=O)[C@@H]1CC[C@H](C(=O)O)C1)C1CCCCC1C. The molecular weight excluding hydrogens is 254 g/mol. The van der Waals surface area contributed by atoms with Gasteiger partial charge in [0.1, 0.15) is 0 Å². The summed E-state index contributed by atoms with van der Waals surface area (Å²) in [6.45, 7) is 5.04. The van der Waals surface area contributed by atoms with Gasteiger partial charge in [0, 0.05) is 18.5 Å². The summed E-state index contributed by atoms with van der Waals surface area (Å²) in [6, 6.07) is 0.366. The van der Waals surface area contributed by atoms with E-state index in [9.17, 15) is 9.59 Å². The summed E-state index contributed by atoms with van der Waals surface area (Å²) in [5.41, 5.74) is 0.